The van der Waals surface area contributed by atoms with Gasteiger partial charge in [0.25, 0.3) is 5.91 Å². The maximum Gasteiger partial charge on any atom is 0.251 e. The summed E-state index contributed by atoms with van der Waals surface area (Å²) in [5.74, 6) is -0.724. The quantitative estimate of drug-likeness (QED) is 0.601. The van der Waals surface area contributed by atoms with Crippen LogP contribution in [0.3, 0.4) is 0 Å². The average molecular weight is 383 g/mol. The van der Waals surface area contributed by atoms with E-state index in [4.69, 9.17) is 4.74 Å². The molecule has 0 aliphatic carbocycles. The van der Waals surface area contributed by atoms with Gasteiger partial charge in [0.05, 0.1) is 11.0 Å². The lowest BCUT2D eigenvalue weighted by Crippen LogP contribution is -2.44. The number of benzene rings is 1. The first-order valence-electron chi connectivity index (χ1n) is 8.63. The lowest BCUT2D eigenvalue weighted by atomic mass is 10.2. The van der Waals surface area contributed by atoms with Gasteiger partial charge in [-0.1, -0.05) is 0 Å². The summed E-state index contributed by atoms with van der Waals surface area (Å²) in [5.41, 5.74) is 0.277. The minimum atomic E-state index is -3.66. The highest BCUT2D eigenvalue weighted by Crippen LogP contribution is 2.14. The van der Waals surface area contributed by atoms with Crippen molar-refractivity contribution in [3.8, 4) is 0 Å². The molecule has 9 heteroatoms. The maximum atomic E-state index is 12.3. The molecule has 1 fully saturated rings. The highest BCUT2D eigenvalue weighted by molar-refractivity contribution is 7.89. The first-order chi connectivity index (χ1) is 12.3. The van der Waals surface area contributed by atoms with Crippen LogP contribution < -0.4 is 15.4 Å². The summed E-state index contributed by atoms with van der Waals surface area (Å²) in [6.45, 7) is 4.74. The molecule has 0 saturated carbocycles. The van der Waals surface area contributed by atoms with Crippen LogP contribution in [0.2, 0.25) is 0 Å². The van der Waals surface area contributed by atoms with Gasteiger partial charge in [-0.3, -0.25) is 9.59 Å². The number of hydrogen-bond donors (Lipinski definition) is 3. The van der Waals surface area contributed by atoms with Crippen LogP contribution in [0.1, 0.15) is 37.0 Å². The number of amides is 2. The van der Waals surface area contributed by atoms with Gasteiger partial charge in [0.15, 0.2) is 0 Å². The van der Waals surface area contributed by atoms with Crippen molar-refractivity contribution >= 4 is 21.8 Å². The van der Waals surface area contributed by atoms with Crippen molar-refractivity contribution in [1.82, 2.24) is 15.4 Å². The van der Waals surface area contributed by atoms with E-state index in [1.54, 1.807) is 13.8 Å². The van der Waals surface area contributed by atoms with Crippen LogP contribution >= 0.6 is 0 Å². The molecule has 0 spiro atoms. The minimum absolute atomic E-state index is 0.0730. The van der Waals surface area contributed by atoms with E-state index in [1.807, 2.05) is 0 Å². The summed E-state index contributed by atoms with van der Waals surface area (Å²) in [4.78, 5) is 23.9. The fraction of sp³-hybridized carbons (Fsp3) is 0.529. The van der Waals surface area contributed by atoms with Crippen molar-refractivity contribution in [3.63, 3.8) is 0 Å². The summed E-state index contributed by atoms with van der Waals surface area (Å²) >= 11 is 0. The molecule has 1 aromatic carbocycles. The van der Waals surface area contributed by atoms with E-state index in [2.05, 4.69) is 15.4 Å². The molecular formula is C17H25N3O5S. The summed E-state index contributed by atoms with van der Waals surface area (Å²) in [6, 6.07) is 4.88. The zero-order chi connectivity index (χ0) is 19.2. The molecule has 2 amide bonds. The van der Waals surface area contributed by atoms with Gasteiger partial charge in [-0.15, -0.1) is 0 Å². The molecule has 8 nitrogen and oxygen atoms in total. The Morgan fingerprint density at radius 2 is 1.96 bits per heavy atom. The van der Waals surface area contributed by atoms with Crippen molar-refractivity contribution in [2.75, 3.05) is 19.7 Å². The molecule has 2 atom stereocenters. The van der Waals surface area contributed by atoms with E-state index in [9.17, 15) is 18.0 Å². The Hall–Kier alpha value is -1.97. The summed E-state index contributed by atoms with van der Waals surface area (Å²) in [6.07, 6.45) is 1.68. The zero-order valence-electron chi connectivity index (χ0n) is 14.9. The van der Waals surface area contributed by atoms with Gasteiger partial charge >= 0.3 is 0 Å². The zero-order valence-corrected chi connectivity index (χ0v) is 15.8. The van der Waals surface area contributed by atoms with Crippen molar-refractivity contribution < 1.29 is 22.7 Å². The number of carbonyl (C=O) groups is 2. The van der Waals surface area contributed by atoms with E-state index in [0.717, 1.165) is 12.8 Å². The molecule has 3 N–H and O–H groups in total. The Morgan fingerprint density at radius 3 is 2.54 bits per heavy atom. The first-order valence-corrected chi connectivity index (χ1v) is 10.1. The SMILES string of the molecule is CCNC(=O)[C@@H](C)NC(=O)c1ccc(S(=O)(=O)NC[C@@H]2CCCO2)cc1. The van der Waals surface area contributed by atoms with Crippen molar-refractivity contribution in [3.05, 3.63) is 29.8 Å². The number of nitrogens with one attached hydrogen (secondary N) is 3. The van der Waals surface area contributed by atoms with E-state index < -0.39 is 22.0 Å². The average Bonchev–Trinajstić information content (AvgIpc) is 3.14. The highest BCUT2D eigenvalue weighted by Gasteiger charge is 2.21. The number of carbonyl (C=O) groups excluding carboxylic acids is 2. The standard InChI is InChI=1S/C17H25N3O5S/c1-3-18-16(21)12(2)20-17(22)13-6-8-15(9-7-13)26(23,24)19-11-14-5-4-10-25-14/h6-9,12,14,19H,3-5,10-11H2,1-2H3,(H,18,21)(H,20,22)/t12-,14+/m1/s1. The largest absolute Gasteiger partial charge is 0.377 e. The van der Waals surface area contributed by atoms with Crippen LogP contribution in [0.25, 0.3) is 0 Å². The normalized spacial score (nSPS) is 18.3. The Labute approximate surface area is 153 Å². The second-order valence-electron chi connectivity index (χ2n) is 6.10. The molecular weight excluding hydrogens is 358 g/mol. The molecule has 1 heterocycles. The van der Waals surface area contributed by atoms with Gasteiger partial charge in [-0.05, 0) is 51.0 Å². The fourth-order valence-corrected chi connectivity index (χ4v) is 3.62. The molecule has 0 radical (unpaired) electrons. The van der Waals surface area contributed by atoms with Gasteiger partial charge in [0.2, 0.25) is 15.9 Å². The van der Waals surface area contributed by atoms with Crippen LogP contribution in [0.5, 0.6) is 0 Å². The minimum Gasteiger partial charge on any atom is -0.377 e. The van der Waals surface area contributed by atoms with Gasteiger partial charge in [0.1, 0.15) is 6.04 Å². The monoisotopic (exact) mass is 383 g/mol. The number of likely N-dealkylation sites (N-methyl/N-ethyl adjacent to an activating group) is 1. The summed E-state index contributed by atoms with van der Waals surface area (Å²) < 4.78 is 32.5. The lowest BCUT2D eigenvalue weighted by molar-refractivity contribution is -0.122. The predicted molar refractivity (Wildman–Crippen MR) is 96.2 cm³/mol. The molecule has 1 aromatic rings. The van der Waals surface area contributed by atoms with Crippen LogP contribution in [0.4, 0.5) is 0 Å². The molecule has 26 heavy (non-hydrogen) atoms. The summed E-state index contributed by atoms with van der Waals surface area (Å²) in [7, 11) is -3.66. The molecule has 2 rings (SSSR count). The third kappa shape index (κ3) is 5.52. The van der Waals surface area contributed by atoms with Gasteiger partial charge in [-0.25, -0.2) is 13.1 Å². The topological polar surface area (TPSA) is 114 Å². The summed E-state index contributed by atoms with van der Waals surface area (Å²) in [5, 5.41) is 5.19. The van der Waals surface area contributed by atoms with Crippen molar-refractivity contribution in [1.29, 1.82) is 0 Å². The Balaban J connectivity index is 1.95. The smallest absolute Gasteiger partial charge is 0.251 e. The molecule has 1 saturated heterocycles. The number of rotatable bonds is 8. The molecule has 0 bridgehead atoms. The first kappa shape index (κ1) is 20.3. The van der Waals surface area contributed by atoms with Crippen LogP contribution in [-0.4, -0.2) is 52.1 Å². The number of ether oxygens (including phenoxy) is 1. The van der Waals surface area contributed by atoms with Gasteiger partial charge in [-0.2, -0.15) is 0 Å². The second-order valence-corrected chi connectivity index (χ2v) is 7.87. The third-order valence-corrected chi connectivity index (χ3v) is 5.48. The van der Waals surface area contributed by atoms with E-state index in [0.29, 0.717) is 13.2 Å². The number of sulfonamides is 1. The fourth-order valence-electron chi connectivity index (χ4n) is 2.55. The van der Waals surface area contributed by atoms with Crippen LogP contribution in [-0.2, 0) is 19.6 Å². The second kappa shape index (κ2) is 9.11. The van der Waals surface area contributed by atoms with Crippen LogP contribution in [0, 0.1) is 0 Å². The molecule has 0 unspecified atom stereocenters. The Bertz CT molecular complexity index is 727. The van der Waals surface area contributed by atoms with Crippen molar-refractivity contribution in [2.45, 2.75) is 43.7 Å². The van der Waals surface area contributed by atoms with E-state index in [1.165, 1.54) is 24.3 Å². The highest BCUT2D eigenvalue weighted by atomic mass is 32.2. The predicted octanol–water partition coefficient (Wildman–Crippen LogP) is 0.398. The lowest BCUT2D eigenvalue weighted by Gasteiger charge is -2.14. The van der Waals surface area contributed by atoms with E-state index in [-0.39, 0.29) is 29.0 Å². The molecule has 0 aromatic heterocycles. The Morgan fingerprint density at radius 1 is 1.27 bits per heavy atom. The molecule has 144 valence electrons. The number of hydrogen-bond acceptors (Lipinski definition) is 5. The van der Waals surface area contributed by atoms with Gasteiger partial charge < -0.3 is 15.4 Å². The third-order valence-electron chi connectivity index (χ3n) is 4.04. The molecule has 1 aliphatic rings. The molecule has 1 aliphatic heterocycles. The van der Waals surface area contributed by atoms with E-state index >= 15 is 0 Å². The van der Waals surface area contributed by atoms with Crippen LogP contribution in [0.15, 0.2) is 29.2 Å². The van der Waals surface area contributed by atoms with Crippen molar-refractivity contribution in [2.24, 2.45) is 0 Å². The van der Waals surface area contributed by atoms with Gasteiger partial charge in [0, 0.05) is 25.3 Å². The maximum absolute atomic E-state index is 12.3. The Kier molecular flexibility index (Phi) is 7.13.